The summed E-state index contributed by atoms with van der Waals surface area (Å²) in [5.41, 5.74) is 0. The molecular formula is C9H10N4O2. The van der Waals surface area contributed by atoms with Crippen LogP contribution >= 0.6 is 0 Å². The van der Waals surface area contributed by atoms with Gasteiger partial charge in [0.05, 0.1) is 19.5 Å². The van der Waals surface area contributed by atoms with Gasteiger partial charge in [-0.05, 0) is 0 Å². The summed E-state index contributed by atoms with van der Waals surface area (Å²) in [4.78, 5) is 7.94. The standard InChI is InChI=1S/C9H10N4O2/c1-13-6-7(5-11-13)15-9-10-4-3-8(12-9)14-2/h3-6H,1-2H3. The quantitative estimate of drug-likeness (QED) is 0.750. The number of aryl methyl sites for hydroxylation is 1. The Morgan fingerprint density at radius 2 is 2.27 bits per heavy atom. The van der Waals surface area contributed by atoms with Crippen LogP contribution in [0.4, 0.5) is 0 Å². The van der Waals surface area contributed by atoms with Gasteiger partial charge in [0, 0.05) is 19.3 Å². The molecule has 0 aliphatic carbocycles. The molecule has 0 N–H and O–H groups in total. The normalized spacial score (nSPS) is 10.0. The average Bonchev–Trinajstić information content (AvgIpc) is 2.64. The first-order valence-corrected chi connectivity index (χ1v) is 4.31. The molecule has 78 valence electrons. The summed E-state index contributed by atoms with van der Waals surface area (Å²) < 4.78 is 11.9. The Bertz CT molecular complexity index is 455. The van der Waals surface area contributed by atoms with Crippen LogP contribution in [0.5, 0.6) is 17.6 Å². The molecule has 0 amide bonds. The zero-order valence-electron chi connectivity index (χ0n) is 8.41. The van der Waals surface area contributed by atoms with E-state index >= 15 is 0 Å². The van der Waals surface area contributed by atoms with Gasteiger partial charge in [-0.3, -0.25) is 4.68 Å². The molecule has 2 heterocycles. The van der Waals surface area contributed by atoms with Gasteiger partial charge in [-0.25, -0.2) is 4.98 Å². The van der Waals surface area contributed by atoms with Crippen LogP contribution in [0.1, 0.15) is 0 Å². The van der Waals surface area contributed by atoms with Gasteiger partial charge in [0.2, 0.25) is 5.88 Å². The molecule has 2 aromatic heterocycles. The molecule has 0 atom stereocenters. The Kier molecular flexibility index (Phi) is 2.49. The van der Waals surface area contributed by atoms with Crippen molar-refractivity contribution in [3.63, 3.8) is 0 Å². The predicted octanol–water partition coefficient (Wildman–Crippen LogP) is 1.01. The Labute approximate surface area is 86.5 Å². The maximum Gasteiger partial charge on any atom is 0.325 e. The molecule has 2 rings (SSSR count). The van der Waals surface area contributed by atoms with Gasteiger partial charge in [0.1, 0.15) is 0 Å². The molecule has 0 aliphatic rings. The number of ether oxygens (including phenoxy) is 2. The third-order valence-corrected chi connectivity index (χ3v) is 1.71. The lowest BCUT2D eigenvalue weighted by atomic mass is 10.6. The van der Waals surface area contributed by atoms with E-state index in [9.17, 15) is 0 Å². The van der Waals surface area contributed by atoms with Crippen LogP contribution in [-0.4, -0.2) is 26.9 Å². The highest BCUT2D eigenvalue weighted by Gasteiger charge is 2.03. The molecule has 0 radical (unpaired) electrons. The summed E-state index contributed by atoms with van der Waals surface area (Å²) in [6.07, 6.45) is 4.88. The van der Waals surface area contributed by atoms with Crippen LogP contribution < -0.4 is 9.47 Å². The molecule has 0 bridgehead atoms. The molecule has 0 fully saturated rings. The Morgan fingerprint density at radius 3 is 2.93 bits per heavy atom. The first-order valence-electron chi connectivity index (χ1n) is 4.31. The van der Waals surface area contributed by atoms with Crippen molar-refractivity contribution < 1.29 is 9.47 Å². The topological polar surface area (TPSA) is 62.1 Å². The Balaban J connectivity index is 2.16. The minimum Gasteiger partial charge on any atom is -0.481 e. The van der Waals surface area contributed by atoms with E-state index in [4.69, 9.17) is 9.47 Å². The van der Waals surface area contributed by atoms with Crippen molar-refractivity contribution in [2.75, 3.05) is 7.11 Å². The van der Waals surface area contributed by atoms with Crippen molar-refractivity contribution in [3.8, 4) is 17.6 Å². The summed E-state index contributed by atoms with van der Waals surface area (Å²) >= 11 is 0. The number of methoxy groups -OCH3 is 1. The maximum atomic E-state index is 5.36. The zero-order valence-corrected chi connectivity index (χ0v) is 8.41. The monoisotopic (exact) mass is 206 g/mol. The molecule has 0 unspecified atom stereocenters. The maximum absolute atomic E-state index is 5.36. The van der Waals surface area contributed by atoms with Gasteiger partial charge >= 0.3 is 6.01 Å². The second kappa shape index (κ2) is 3.95. The predicted molar refractivity (Wildman–Crippen MR) is 51.9 cm³/mol. The van der Waals surface area contributed by atoms with Crippen LogP contribution in [0, 0.1) is 0 Å². The molecule has 0 spiro atoms. The molecule has 2 aromatic rings. The van der Waals surface area contributed by atoms with Crippen molar-refractivity contribution >= 4 is 0 Å². The van der Waals surface area contributed by atoms with Crippen molar-refractivity contribution in [1.29, 1.82) is 0 Å². The highest BCUT2D eigenvalue weighted by Crippen LogP contribution is 2.17. The fourth-order valence-corrected chi connectivity index (χ4v) is 1.04. The summed E-state index contributed by atoms with van der Waals surface area (Å²) in [6, 6.07) is 1.89. The summed E-state index contributed by atoms with van der Waals surface area (Å²) in [7, 11) is 3.34. The van der Waals surface area contributed by atoms with Crippen LogP contribution in [0.2, 0.25) is 0 Å². The first-order chi connectivity index (χ1) is 7.28. The van der Waals surface area contributed by atoms with E-state index in [1.54, 1.807) is 36.4 Å². The van der Waals surface area contributed by atoms with Crippen molar-refractivity contribution in [2.45, 2.75) is 0 Å². The third-order valence-electron chi connectivity index (χ3n) is 1.71. The lowest BCUT2D eigenvalue weighted by Gasteiger charge is -2.01. The molecule has 15 heavy (non-hydrogen) atoms. The second-order valence-electron chi connectivity index (χ2n) is 2.83. The number of hydrogen-bond donors (Lipinski definition) is 0. The molecular weight excluding hydrogens is 196 g/mol. The fourth-order valence-electron chi connectivity index (χ4n) is 1.04. The summed E-state index contributed by atoms with van der Waals surface area (Å²) in [6.45, 7) is 0. The van der Waals surface area contributed by atoms with Crippen molar-refractivity contribution in [2.24, 2.45) is 7.05 Å². The Hall–Kier alpha value is -2.11. The van der Waals surface area contributed by atoms with E-state index < -0.39 is 0 Å². The highest BCUT2D eigenvalue weighted by molar-refractivity contribution is 5.19. The van der Waals surface area contributed by atoms with Gasteiger partial charge < -0.3 is 9.47 Å². The molecule has 0 saturated carbocycles. The van der Waals surface area contributed by atoms with Crippen LogP contribution in [0.3, 0.4) is 0 Å². The minimum absolute atomic E-state index is 0.238. The molecule has 0 aliphatic heterocycles. The van der Waals surface area contributed by atoms with E-state index in [2.05, 4.69) is 15.1 Å². The van der Waals surface area contributed by atoms with E-state index in [1.165, 1.54) is 7.11 Å². The van der Waals surface area contributed by atoms with Gasteiger partial charge in [-0.2, -0.15) is 10.1 Å². The van der Waals surface area contributed by atoms with Crippen LogP contribution in [0.25, 0.3) is 0 Å². The lowest BCUT2D eigenvalue weighted by Crippen LogP contribution is -1.93. The minimum atomic E-state index is 0.238. The fraction of sp³-hybridized carbons (Fsp3) is 0.222. The van der Waals surface area contributed by atoms with Gasteiger partial charge in [-0.1, -0.05) is 0 Å². The lowest BCUT2D eigenvalue weighted by molar-refractivity contribution is 0.376. The first kappa shape index (κ1) is 9.45. The summed E-state index contributed by atoms with van der Waals surface area (Å²) in [5.74, 6) is 1.05. The number of aromatic nitrogens is 4. The number of hydrogen-bond acceptors (Lipinski definition) is 5. The van der Waals surface area contributed by atoms with Gasteiger partial charge in [-0.15, -0.1) is 0 Å². The smallest absolute Gasteiger partial charge is 0.325 e. The van der Waals surface area contributed by atoms with Crippen LogP contribution in [-0.2, 0) is 7.05 Å². The van der Waals surface area contributed by atoms with Crippen LogP contribution in [0.15, 0.2) is 24.7 Å². The van der Waals surface area contributed by atoms with Crippen molar-refractivity contribution in [1.82, 2.24) is 19.7 Å². The Morgan fingerprint density at radius 1 is 1.40 bits per heavy atom. The van der Waals surface area contributed by atoms with Crippen molar-refractivity contribution in [3.05, 3.63) is 24.7 Å². The zero-order chi connectivity index (χ0) is 10.7. The average molecular weight is 206 g/mol. The molecule has 6 nitrogen and oxygen atoms in total. The van der Waals surface area contributed by atoms with E-state index in [0.717, 1.165) is 0 Å². The number of nitrogens with zero attached hydrogens (tertiary/aromatic N) is 4. The van der Waals surface area contributed by atoms with Gasteiger partial charge in [0.15, 0.2) is 5.75 Å². The third kappa shape index (κ3) is 2.22. The van der Waals surface area contributed by atoms with E-state index in [1.807, 2.05) is 0 Å². The second-order valence-corrected chi connectivity index (χ2v) is 2.83. The number of rotatable bonds is 3. The SMILES string of the molecule is COc1ccnc(Oc2cnn(C)c2)n1. The molecule has 0 saturated heterocycles. The summed E-state index contributed by atoms with van der Waals surface area (Å²) in [5, 5.41) is 3.96. The highest BCUT2D eigenvalue weighted by atomic mass is 16.5. The van der Waals surface area contributed by atoms with E-state index in [0.29, 0.717) is 11.6 Å². The van der Waals surface area contributed by atoms with Gasteiger partial charge in [0.25, 0.3) is 0 Å². The molecule has 6 heteroatoms. The van der Waals surface area contributed by atoms with E-state index in [-0.39, 0.29) is 6.01 Å². The largest absolute Gasteiger partial charge is 0.481 e. The molecule has 0 aromatic carbocycles.